The first-order chi connectivity index (χ1) is 11.4. The highest BCUT2D eigenvalue weighted by Gasteiger charge is 2.36. The Balaban J connectivity index is 1.69. The molecule has 3 rings (SSSR count). The molecule has 0 aromatic heterocycles. The van der Waals surface area contributed by atoms with Gasteiger partial charge in [-0.15, -0.1) is 0 Å². The Labute approximate surface area is 143 Å². The summed E-state index contributed by atoms with van der Waals surface area (Å²) in [6.45, 7) is 0. The van der Waals surface area contributed by atoms with Gasteiger partial charge >= 0.3 is 6.03 Å². The summed E-state index contributed by atoms with van der Waals surface area (Å²) in [5.41, 5.74) is 1.25. The van der Waals surface area contributed by atoms with Crippen molar-refractivity contribution in [2.75, 3.05) is 26.5 Å². The maximum absolute atomic E-state index is 12.8. The van der Waals surface area contributed by atoms with Crippen LogP contribution in [0.4, 0.5) is 10.5 Å². The van der Waals surface area contributed by atoms with Crippen LogP contribution in [0.3, 0.4) is 0 Å². The van der Waals surface area contributed by atoms with E-state index in [-0.39, 0.29) is 18.0 Å². The largest absolute Gasteiger partial charge is 0.339 e. The van der Waals surface area contributed by atoms with Crippen LogP contribution in [-0.2, 0) is 0 Å². The number of nitrogens with one attached hydrogen (secondary N) is 2. The van der Waals surface area contributed by atoms with Crippen LogP contribution in [0.15, 0.2) is 24.3 Å². The number of benzene rings is 1. The molecule has 2 atom stereocenters. The summed E-state index contributed by atoms with van der Waals surface area (Å²) >= 11 is 0. The van der Waals surface area contributed by atoms with Crippen LogP contribution in [0.1, 0.15) is 36.0 Å². The van der Waals surface area contributed by atoms with E-state index in [1.807, 2.05) is 11.9 Å². The molecule has 2 aliphatic rings. The lowest BCUT2D eigenvalue weighted by atomic mass is 9.98. The van der Waals surface area contributed by atoms with E-state index in [1.165, 1.54) is 17.7 Å². The highest BCUT2D eigenvalue weighted by Crippen LogP contribution is 2.30. The second kappa shape index (κ2) is 6.81. The fraction of sp³-hybridized carbons (Fsp3) is 0.556. The molecule has 6 nitrogen and oxygen atoms in total. The molecule has 2 saturated heterocycles. The molecule has 0 radical (unpaired) electrons. The highest BCUT2D eigenvalue weighted by atomic mass is 16.2. The Morgan fingerprint density at radius 2 is 1.79 bits per heavy atom. The number of urea groups is 1. The zero-order chi connectivity index (χ0) is 17.3. The van der Waals surface area contributed by atoms with Crippen molar-refractivity contribution in [2.45, 2.75) is 43.8 Å². The van der Waals surface area contributed by atoms with E-state index in [1.54, 1.807) is 38.4 Å². The van der Waals surface area contributed by atoms with E-state index in [0.717, 1.165) is 12.8 Å². The van der Waals surface area contributed by atoms with Crippen molar-refractivity contribution in [1.29, 1.82) is 0 Å². The number of fused-ring (bicyclic) bond motifs is 2. The molecule has 0 spiro atoms. The number of amides is 3. The monoisotopic (exact) mass is 330 g/mol. The molecule has 2 N–H and O–H groups in total. The lowest BCUT2D eigenvalue weighted by Gasteiger charge is -2.35. The van der Waals surface area contributed by atoms with Crippen LogP contribution < -0.4 is 10.6 Å². The van der Waals surface area contributed by atoms with Crippen LogP contribution in [-0.4, -0.2) is 61.0 Å². The maximum Gasteiger partial charge on any atom is 0.321 e. The first-order valence-corrected chi connectivity index (χ1v) is 8.55. The van der Waals surface area contributed by atoms with Gasteiger partial charge in [-0.25, -0.2) is 4.79 Å². The molecule has 2 aliphatic heterocycles. The summed E-state index contributed by atoms with van der Waals surface area (Å²) in [6, 6.07) is 8.33. The lowest BCUT2D eigenvalue weighted by molar-refractivity contribution is 0.0681. The molecule has 1 aromatic carbocycles. The average molecular weight is 330 g/mol. The summed E-state index contributed by atoms with van der Waals surface area (Å²) in [6.07, 6.45) is 4.48. The predicted molar refractivity (Wildman–Crippen MR) is 94.2 cm³/mol. The van der Waals surface area contributed by atoms with Crippen LogP contribution >= 0.6 is 0 Å². The van der Waals surface area contributed by atoms with Gasteiger partial charge < -0.3 is 20.4 Å². The number of carbonyl (C=O) groups excluding carboxylic acids is 2. The Morgan fingerprint density at radius 1 is 1.12 bits per heavy atom. The topological polar surface area (TPSA) is 64.7 Å². The number of hydrogen-bond acceptors (Lipinski definition) is 3. The summed E-state index contributed by atoms with van der Waals surface area (Å²) in [5, 5.41) is 6.39. The molecule has 0 saturated carbocycles. The van der Waals surface area contributed by atoms with Gasteiger partial charge in [0.1, 0.15) is 0 Å². The van der Waals surface area contributed by atoms with Crippen LogP contribution in [0.5, 0.6) is 0 Å². The van der Waals surface area contributed by atoms with E-state index >= 15 is 0 Å². The van der Waals surface area contributed by atoms with Gasteiger partial charge in [0, 0.05) is 50.5 Å². The highest BCUT2D eigenvalue weighted by molar-refractivity contribution is 5.96. The normalized spacial score (nSPS) is 25.2. The van der Waals surface area contributed by atoms with Crippen molar-refractivity contribution in [3.63, 3.8) is 0 Å². The van der Waals surface area contributed by atoms with Crippen LogP contribution in [0.25, 0.3) is 0 Å². The number of carbonyl (C=O) groups is 2. The fourth-order valence-corrected chi connectivity index (χ4v) is 3.68. The molecule has 24 heavy (non-hydrogen) atoms. The summed E-state index contributed by atoms with van der Waals surface area (Å²) in [7, 11) is 5.26. The second-order valence-electron chi connectivity index (χ2n) is 7.08. The molecular weight excluding hydrogens is 304 g/mol. The molecule has 2 fully saturated rings. The third kappa shape index (κ3) is 3.53. The summed E-state index contributed by atoms with van der Waals surface area (Å²) in [5.74, 6) is 0.0160. The number of piperidine rings is 1. The quantitative estimate of drug-likeness (QED) is 0.892. The van der Waals surface area contributed by atoms with Gasteiger partial charge in [-0.3, -0.25) is 4.79 Å². The first-order valence-electron chi connectivity index (χ1n) is 8.55. The van der Waals surface area contributed by atoms with Gasteiger partial charge in [-0.05, 0) is 43.9 Å². The molecule has 2 bridgehead atoms. The zero-order valence-electron chi connectivity index (χ0n) is 14.6. The van der Waals surface area contributed by atoms with Gasteiger partial charge in [0.2, 0.25) is 0 Å². The number of rotatable bonds is 3. The SMILES string of the molecule is CN(C)C(=O)Nc1cccc(C(=O)N(C)C2CC3CCC(C2)N3)c1. The molecule has 3 amide bonds. The number of hydrogen-bond donors (Lipinski definition) is 2. The Hall–Kier alpha value is -2.08. The van der Waals surface area contributed by atoms with Gasteiger partial charge in [0.25, 0.3) is 5.91 Å². The van der Waals surface area contributed by atoms with E-state index in [9.17, 15) is 9.59 Å². The van der Waals surface area contributed by atoms with Crippen LogP contribution in [0.2, 0.25) is 0 Å². The number of nitrogens with zero attached hydrogens (tertiary/aromatic N) is 2. The standard InChI is InChI=1S/C18H26N4O2/c1-21(2)18(24)20-13-6-4-5-12(9-13)17(23)22(3)16-10-14-7-8-15(11-16)19-14/h4-6,9,14-16,19H,7-8,10-11H2,1-3H3,(H,20,24). The molecule has 0 aliphatic carbocycles. The van der Waals surface area contributed by atoms with Gasteiger partial charge in [-0.1, -0.05) is 6.07 Å². The van der Waals surface area contributed by atoms with Gasteiger partial charge in [0.15, 0.2) is 0 Å². The third-order valence-electron chi connectivity index (χ3n) is 5.08. The van der Waals surface area contributed by atoms with Crippen molar-refractivity contribution < 1.29 is 9.59 Å². The van der Waals surface area contributed by atoms with Crippen molar-refractivity contribution in [2.24, 2.45) is 0 Å². The number of anilines is 1. The van der Waals surface area contributed by atoms with Crippen molar-refractivity contribution >= 4 is 17.6 Å². The Kier molecular flexibility index (Phi) is 4.76. The van der Waals surface area contributed by atoms with E-state index in [0.29, 0.717) is 23.3 Å². The van der Waals surface area contributed by atoms with Gasteiger partial charge in [0.05, 0.1) is 0 Å². The molecule has 130 valence electrons. The smallest absolute Gasteiger partial charge is 0.321 e. The van der Waals surface area contributed by atoms with E-state index in [2.05, 4.69) is 10.6 Å². The molecule has 2 unspecified atom stereocenters. The second-order valence-corrected chi connectivity index (χ2v) is 7.08. The summed E-state index contributed by atoms with van der Waals surface area (Å²) in [4.78, 5) is 27.9. The Morgan fingerprint density at radius 3 is 2.42 bits per heavy atom. The van der Waals surface area contributed by atoms with Crippen molar-refractivity contribution in [3.8, 4) is 0 Å². The zero-order valence-corrected chi connectivity index (χ0v) is 14.6. The molecular formula is C18H26N4O2. The first kappa shape index (κ1) is 16.8. The average Bonchev–Trinajstić information content (AvgIpc) is 2.91. The molecule has 1 aromatic rings. The van der Waals surface area contributed by atoms with Crippen molar-refractivity contribution in [1.82, 2.24) is 15.1 Å². The summed E-state index contributed by atoms with van der Waals surface area (Å²) < 4.78 is 0. The molecule has 2 heterocycles. The van der Waals surface area contributed by atoms with Crippen LogP contribution in [0, 0.1) is 0 Å². The fourth-order valence-electron chi connectivity index (χ4n) is 3.68. The predicted octanol–water partition coefficient (Wildman–Crippen LogP) is 2.14. The minimum Gasteiger partial charge on any atom is -0.339 e. The minimum absolute atomic E-state index is 0.0160. The van der Waals surface area contributed by atoms with Crippen molar-refractivity contribution in [3.05, 3.63) is 29.8 Å². The lowest BCUT2D eigenvalue weighted by Crippen LogP contribution is -2.48. The third-order valence-corrected chi connectivity index (χ3v) is 5.08. The maximum atomic E-state index is 12.8. The van der Waals surface area contributed by atoms with E-state index in [4.69, 9.17) is 0 Å². The molecule has 6 heteroatoms. The van der Waals surface area contributed by atoms with E-state index < -0.39 is 0 Å². The Bertz CT molecular complexity index is 619. The minimum atomic E-state index is -0.206. The van der Waals surface area contributed by atoms with Gasteiger partial charge in [-0.2, -0.15) is 0 Å².